The summed E-state index contributed by atoms with van der Waals surface area (Å²) in [5.74, 6) is -1.28. The Bertz CT molecular complexity index is 911. The van der Waals surface area contributed by atoms with E-state index in [1.165, 1.54) is 30.3 Å². The number of hydrogen-bond donors (Lipinski definition) is 2. The minimum atomic E-state index is -3.31. The molecule has 0 aromatic heterocycles. The second-order valence-corrected chi connectivity index (χ2v) is 8.08. The van der Waals surface area contributed by atoms with Gasteiger partial charge in [0.15, 0.2) is 16.4 Å². The second kappa shape index (κ2) is 7.66. The maximum absolute atomic E-state index is 12.0. The minimum absolute atomic E-state index is 0.141. The number of rotatable bonds is 5. The van der Waals surface area contributed by atoms with Crippen molar-refractivity contribution in [2.45, 2.75) is 4.90 Å². The smallest absolute Gasteiger partial charge is 0.340 e. The van der Waals surface area contributed by atoms with Crippen LogP contribution in [-0.2, 0) is 19.4 Å². The van der Waals surface area contributed by atoms with Crippen molar-refractivity contribution in [1.82, 2.24) is 0 Å². The van der Waals surface area contributed by atoms with E-state index in [1.807, 2.05) is 0 Å². The topological polar surface area (TPSA) is 116 Å². The first-order chi connectivity index (χ1) is 11.7. The molecule has 0 saturated carbocycles. The zero-order valence-corrected chi connectivity index (χ0v) is 15.6. The minimum Gasteiger partial charge on any atom is -0.452 e. The van der Waals surface area contributed by atoms with Gasteiger partial charge in [0.2, 0.25) is 0 Å². The van der Waals surface area contributed by atoms with Crippen LogP contribution < -0.4 is 11.1 Å². The van der Waals surface area contributed by atoms with Crippen molar-refractivity contribution in [3.8, 4) is 0 Å². The summed E-state index contributed by atoms with van der Waals surface area (Å²) < 4.78 is 28.3. The Balaban J connectivity index is 1.94. The molecule has 7 nitrogen and oxygen atoms in total. The van der Waals surface area contributed by atoms with Gasteiger partial charge in [0.05, 0.1) is 10.5 Å². The van der Waals surface area contributed by atoms with Crippen LogP contribution >= 0.6 is 15.9 Å². The number of esters is 1. The van der Waals surface area contributed by atoms with E-state index in [0.717, 1.165) is 6.26 Å². The summed E-state index contributed by atoms with van der Waals surface area (Å²) in [6, 6.07) is 10.4. The number of carbonyl (C=O) groups excluding carboxylic acids is 2. The fraction of sp³-hybridized carbons (Fsp3) is 0.125. The molecule has 2 aromatic carbocycles. The van der Waals surface area contributed by atoms with E-state index in [2.05, 4.69) is 21.2 Å². The van der Waals surface area contributed by atoms with Crippen LogP contribution in [-0.4, -0.2) is 33.2 Å². The molecule has 0 saturated heterocycles. The second-order valence-electron chi connectivity index (χ2n) is 5.15. The Morgan fingerprint density at radius 2 is 1.80 bits per heavy atom. The molecule has 0 aliphatic carbocycles. The summed E-state index contributed by atoms with van der Waals surface area (Å²) in [6.07, 6.45) is 1.09. The number of nitrogen functional groups attached to an aromatic ring is 1. The van der Waals surface area contributed by atoms with E-state index in [9.17, 15) is 18.0 Å². The van der Waals surface area contributed by atoms with Gasteiger partial charge in [-0.2, -0.15) is 0 Å². The molecule has 0 heterocycles. The van der Waals surface area contributed by atoms with Gasteiger partial charge in [-0.3, -0.25) is 4.79 Å². The van der Waals surface area contributed by atoms with Crippen LogP contribution in [0, 0.1) is 0 Å². The predicted molar refractivity (Wildman–Crippen MR) is 97.0 cm³/mol. The number of carbonyl (C=O) groups is 2. The largest absolute Gasteiger partial charge is 0.452 e. The normalized spacial score (nSPS) is 11.0. The summed E-state index contributed by atoms with van der Waals surface area (Å²) in [5.41, 5.74) is 6.48. The number of hydrogen-bond acceptors (Lipinski definition) is 6. The Hall–Kier alpha value is -2.39. The highest BCUT2D eigenvalue weighted by atomic mass is 79.9. The average Bonchev–Trinajstić information content (AvgIpc) is 2.54. The Kier molecular flexibility index (Phi) is 5.81. The van der Waals surface area contributed by atoms with Crippen LogP contribution in [0.1, 0.15) is 10.4 Å². The molecule has 0 aliphatic rings. The highest BCUT2D eigenvalue weighted by molar-refractivity contribution is 9.10. The van der Waals surface area contributed by atoms with Gasteiger partial charge < -0.3 is 15.8 Å². The maximum Gasteiger partial charge on any atom is 0.340 e. The van der Waals surface area contributed by atoms with Gasteiger partial charge in [-0.25, -0.2) is 13.2 Å². The standard InChI is InChI=1S/C16H15BrN2O5S/c1-25(22,23)12-5-3-11(4-6-12)19-15(20)9-24-16(21)13-8-10(17)2-7-14(13)18/h2-8H,9,18H2,1H3,(H,19,20). The zero-order valence-electron chi connectivity index (χ0n) is 13.2. The Labute approximate surface area is 153 Å². The van der Waals surface area contributed by atoms with Gasteiger partial charge in [0.1, 0.15) is 0 Å². The molecule has 0 spiro atoms. The zero-order chi connectivity index (χ0) is 18.6. The quantitative estimate of drug-likeness (QED) is 0.559. The van der Waals surface area contributed by atoms with E-state index in [0.29, 0.717) is 10.2 Å². The van der Waals surface area contributed by atoms with Crippen molar-refractivity contribution >= 4 is 49.0 Å². The van der Waals surface area contributed by atoms with Crippen molar-refractivity contribution in [2.75, 3.05) is 23.9 Å². The third kappa shape index (κ3) is 5.30. The molecular weight excluding hydrogens is 412 g/mol. The molecule has 0 atom stereocenters. The molecule has 2 aromatic rings. The first kappa shape index (κ1) is 18.9. The lowest BCUT2D eigenvalue weighted by Crippen LogP contribution is -2.21. The molecule has 2 rings (SSSR count). The van der Waals surface area contributed by atoms with Gasteiger partial charge in [0, 0.05) is 22.1 Å². The monoisotopic (exact) mass is 426 g/mol. The fourth-order valence-corrected chi connectivity index (χ4v) is 2.89. The van der Waals surface area contributed by atoms with Crippen LogP contribution in [0.3, 0.4) is 0 Å². The van der Waals surface area contributed by atoms with Crippen LogP contribution in [0.2, 0.25) is 0 Å². The van der Waals surface area contributed by atoms with Gasteiger partial charge >= 0.3 is 5.97 Å². The number of ether oxygens (including phenoxy) is 1. The lowest BCUT2D eigenvalue weighted by Gasteiger charge is -2.08. The van der Waals surface area contributed by atoms with E-state index in [-0.39, 0.29) is 16.1 Å². The maximum atomic E-state index is 12.0. The molecule has 0 aliphatic heterocycles. The first-order valence-corrected chi connectivity index (χ1v) is 9.67. The van der Waals surface area contributed by atoms with Gasteiger partial charge in [0.25, 0.3) is 5.91 Å². The molecule has 0 bridgehead atoms. The predicted octanol–water partition coefficient (Wildman–Crippen LogP) is 2.23. The lowest BCUT2D eigenvalue weighted by molar-refractivity contribution is -0.119. The molecule has 0 radical (unpaired) electrons. The number of halogens is 1. The number of anilines is 2. The summed E-state index contributed by atoms with van der Waals surface area (Å²) in [6.45, 7) is -0.501. The SMILES string of the molecule is CS(=O)(=O)c1ccc(NC(=O)COC(=O)c2cc(Br)ccc2N)cc1. The van der Waals surface area contributed by atoms with E-state index < -0.39 is 28.3 Å². The van der Waals surface area contributed by atoms with Gasteiger partial charge in [-0.05, 0) is 42.5 Å². The summed E-state index contributed by atoms with van der Waals surface area (Å²) in [7, 11) is -3.31. The highest BCUT2D eigenvalue weighted by Gasteiger charge is 2.14. The number of nitrogens with one attached hydrogen (secondary N) is 1. The molecule has 1 amide bonds. The number of nitrogens with two attached hydrogens (primary N) is 1. The van der Waals surface area contributed by atoms with Gasteiger partial charge in [-0.1, -0.05) is 15.9 Å². The van der Waals surface area contributed by atoms with Crippen LogP contribution in [0.4, 0.5) is 11.4 Å². The van der Waals surface area contributed by atoms with E-state index in [4.69, 9.17) is 10.5 Å². The van der Waals surface area contributed by atoms with Crippen molar-refractivity contribution < 1.29 is 22.7 Å². The van der Waals surface area contributed by atoms with E-state index >= 15 is 0 Å². The first-order valence-electron chi connectivity index (χ1n) is 6.99. The third-order valence-corrected chi connectivity index (χ3v) is 4.76. The van der Waals surface area contributed by atoms with Crippen LogP contribution in [0.15, 0.2) is 51.8 Å². The van der Waals surface area contributed by atoms with Crippen molar-refractivity contribution in [1.29, 1.82) is 0 Å². The van der Waals surface area contributed by atoms with Crippen molar-refractivity contribution in [2.24, 2.45) is 0 Å². The highest BCUT2D eigenvalue weighted by Crippen LogP contribution is 2.19. The van der Waals surface area contributed by atoms with Crippen LogP contribution in [0.5, 0.6) is 0 Å². The fourth-order valence-electron chi connectivity index (χ4n) is 1.90. The molecule has 3 N–H and O–H groups in total. The van der Waals surface area contributed by atoms with Gasteiger partial charge in [-0.15, -0.1) is 0 Å². The Morgan fingerprint density at radius 3 is 2.40 bits per heavy atom. The van der Waals surface area contributed by atoms with Crippen molar-refractivity contribution in [3.05, 3.63) is 52.5 Å². The van der Waals surface area contributed by atoms with Crippen LogP contribution in [0.25, 0.3) is 0 Å². The molecule has 132 valence electrons. The average molecular weight is 427 g/mol. The number of amides is 1. The summed E-state index contributed by atoms with van der Waals surface area (Å²) in [4.78, 5) is 23.9. The third-order valence-electron chi connectivity index (χ3n) is 3.14. The van der Waals surface area contributed by atoms with E-state index in [1.54, 1.807) is 12.1 Å². The number of sulfone groups is 1. The molecule has 9 heteroatoms. The van der Waals surface area contributed by atoms with Crippen molar-refractivity contribution in [3.63, 3.8) is 0 Å². The Morgan fingerprint density at radius 1 is 1.16 bits per heavy atom. The molecule has 0 fully saturated rings. The number of benzene rings is 2. The molecular formula is C16H15BrN2O5S. The molecule has 0 unspecified atom stereocenters. The summed E-state index contributed by atoms with van der Waals surface area (Å²) in [5, 5.41) is 2.50. The lowest BCUT2D eigenvalue weighted by atomic mass is 10.2. The summed E-state index contributed by atoms with van der Waals surface area (Å²) >= 11 is 3.22. The molecule has 25 heavy (non-hydrogen) atoms.